The van der Waals surface area contributed by atoms with E-state index in [0.29, 0.717) is 56.8 Å². The summed E-state index contributed by atoms with van der Waals surface area (Å²) in [5.74, 6) is 0.136. The first-order chi connectivity index (χ1) is 16.8. The van der Waals surface area contributed by atoms with Gasteiger partial charge in [0.2, 0.25) is 0 Å². The molecular weight excluding hydrogens is 440 g/mol. The largest absolute Gasteiger partial charge is 0.378 e. The number of ketones is 1. The second kappa shape index (κ2) is 12.3. The summed E-state index contributed by atoms with van der Waals surface area (Å²) in [4.78, 5) is 32.6. The van der Waals surface area contributed by atoms with Crippen LogP contribution in [0.4, 0.5) is 5.69 Å². The third kappa shape index (κ3) is 6.28. The van der Waals surface area contributed by atoms with Crippen molar-refractivity contribution in [1.29, 1.82) is 0 Å². The summed E-state index contributed by atoms with van der Waals surface area (Å²) in [7, 11) is 5.97. The molecule has 190 valence electrons. The van der Waals surface area contributed by atoms with Gasteiger partial charge in [0.05, 0.1) is 18.8 Å². The number of Topliss-reactive ketones (excluding diaryl/α,β-unsaturated/α-hetero) is 1. The Morgan fingerprint density at radius 1 is 0.971 bits per heavy atom. The summed E-state index contributed by atoms with van der Waals surface area (Å²) in [6.07, 6.45) is 2.17. The molecule has 1 saturated heterocycles. The molecule has 0 saturated carbocycles. The van der Waals surface area contributed by atoms with Crippen molar-refractivity contribution >= 4 is 17.4 Å². The maximum atomic E-state index is 13.8. The molecule has 1 aliphatic heterocycles. The number of amides is 1. The fraction of sp³-hybridized carbons (Fsp3) is 0.500. The minimum absolute atomic E-state index is 0.0295. The Kier molecular flexibility index (Phi) is 9.43. The van der Waals surface area contributed by atoms with E-state index in [0.717, 1.165) is 24.2 Å². The molecule has 2 aromatic rings. The number of hydrogen-bond donors (Lipinski definition) is 1. The van der Waals surface area contributed by atoms with Gasteiger partial charge in [-0.25, -0.2) is 0 Å². The number of hydrogen-bond acceptors (Lipinski definition) is 6. The molecule has 35 heavy (non-hydrogen) atoms. The predicted octanol–water partition coefficient (Wildman–Crippen LogP) is 3.08. The maximum Gasteiger partial charge on any atom is 0.254 e. The van der Waals surface area contributed by atoms with E-state index in [-0.39, 0.29) is 11.7 Å². The van der Waals surface area contributed by atoms with Crippen LogP contribution in [-0.4, -0.2) is 87.6 Å². The van der Waals surface area contributed by atoms with E-state index in [9.17, 15) is 9.59 Å². The lowest BCUT2D eigenvalue weighted by Gasteiger charge is -2.38. The zero-order valence-corrected chi connectivity index (χ0v) is 21.6. The first kappa shape index (κ1) is 26.9. The van der Waals surface area contributed by atoms with Gasteiger partial charge in [-0.3, -0.25) is 14.5 Å². The van der Waals surface area contributed by atoms with Crippen LogP contribution in [0.25, 0.3) is 0 Å². The number of rotatable bonds is 11. The molecule has 0 bridgehead atoms. The second-order valence-corrected chi connectivity index (χ2v) is 9.50. The standard InChI is InChI=1S/C28H40N4O3/c1-5-28(30(2)3,26(33)23-11-13-25(14-12-23)31(4)16-6-15-29)21-22-7-9-24(10-8-22)27(34)32-17-19-35-20-18-32/h7-14H,5-6,15-21,29H2,1-4H3. The number of nitrogens with zero attached hydrogens (tertiary/aromatic N) is 3. The molecule has 1 amide bonds. The van der Waals surface area contributed by atoms with Gasteiger partial charge in [0.25, 0.3) is 5.91 Å². The summed E-state index contributed by atoms with van der Waals surface area (Å²) in [5, 5.41) is 0. The Bertz CT molecular complexity index is 969. The van der Waals surface area contributed by atoms with Crippen LogP contribution in [0.15, 0.2) is 48.5 Å². The van der Waals surface area contributed by atoms with Crippen molar-refractivity contribution in [2.24, 2.45) is 5.73 Å². The normalized spacial score (nSPS) is 15.7. The maximum absolute atomic E-state index is 13.8. The van der Waals surface area contributed by atoms with Crippen molar-refractivity contribution in [3.63, 3.8) is 0 Å². The Labute approximate surface area is 209 Å². The van der Waals surface area contributed by atoms with Crippen LogP contribution in [0.2, 0.25) is 0 Å². The molecule has 0 aromatic heterocycles. The summed E-state index contributed by atoms with van der Waals surface area (Å²) in [6, 6.07) is 15.6. The Balaban J connectivity index is 1.77. The van der Waals surface area contributed by atoms with Gasteiger partial charge >= 0.3 is 0 Å². The first-order valence-corrected chi connectivity index (χ1v) is 12.5. The van der Waals surface area contributed by atoms with E-state index < -0.39 is 5.54 Å². The molecule has 7 nitrogen and oxygen atoms in total. The van der Waals surface area contributed by atoms with Crippen molar-refractivity contribution in [3.05, 3.63) is 65.2 Å². The van der Waals surface area contributed by atoms with E-state index in [1.165, 1.54) is 0 Å². The average Bonchev–Trinajstić information content (AvgIpc) is 2.90. The lowest BCUT2D eigenvalue weighted by atomic mass is 9.80. The molecule has 2 aromatic carbocycles. The highest BCUT2D eigenvalue weighted by atomic mass is 16.5. The summed E-state index contributed by atoms with van der Waals surface area (Å²) >= 11 is 0. The molecule has 1 fully saturated rings. The number of anilines is 1. The number of carbonyl (C=O) groups is 2. The number of likely N-dealkylation sites (N-methyl/N-ethyl adjacent to an activating group) is 1. The lowest BCUT2D eigenvalue weighted by molar-refractivity contribution is 0.0303. The highest BCUT2D eigenvalue weighted by molar-refractivity contribution is 6.03. The SMILES string of the molecule is CCC(Cc1ccc(C(=O)N2CCOCC2)cc1)(C(=O)c1ccc(N(C)CCCN)cc1)N(C)C. The average molecular weight is 481 g/mol. The van der Waals surface area contributed by atoms with Crippen LogP contribution in [0.5, 0.6) is 0 Å². The van der Waals surface area contributed by atoms with E-state index in [4.69, 9.17) is 10.5 Å². The van der Waals surface area contributed by atoms with E-state index in [2.05, 4.69) is 11.8 Å². The molecule has 0 spiro atoms. The molecule has 1 unspecified atom stereocenters. The van der Waals surface area contributed by atoms with E-state index in [1.54, 1.807) is 0 Å². The van der Waals surface area contributed by atoms with Gasteiger partial charge in [0, 0.05) is 43.5 Å². The number of nitrogens with two attached hydrogens (primary N) is 1. The minimum Gasteiger partial charge on any atom is -0.378 e. The highest BCUT2D eigenvalue weighted by Gasteiger charge is 2.39. The first-order valence-electron chi connectivity index (χ1n) is 12.5. The zero-order chi connectivity index (χ0) is 25.4. The molecule has 1 atom stereocenters. The third-order valence-electron chi connectivity index (χ3n) is 7.13. The summed E-state index contributed by atoms with van der Waals surface area (Å²) in [6.45, 7) is 6.00. The molecule has 1 heterocycles. The van der Waals surface area contributed by atoms with Gasteiger partial charge in [0.1, 0.15) is 0 Å². The highest BCUT2D eigenvalue weighted by Crippen LogP contribution is 2.29. The zero-order valence-electron chi connectivity index (χ0n) is 21.6. The lowest BCUT2D eigenvalue weighted by Crippen LogP contribution is -2.52. The third-order valence-corrected chi connectivity index (χ3v) is 7.13. The van der Waals surface area contributed by atoms with E-state index >= 15 is 0 Å². The van der Waals surface area contributed by atoms with Gasteiger partial charge in [-0.15, -0.1) is 0 Å². The van der Waals surface area contributed by atoms with Crippen LogP contribution in [-0.2, 0) is 11.2 Å². The topological polar surface area (TPSA) is 79.1 Å². The van der Waals surface area contributed by atoms with Crippen LogP contribution in [0.3, 0.4) is 0 Å². The van der Waals surface area contributed by atoms with Crippen LogP contribution in [0, 0.1) is 0 Å². The van der Waals surface area contributed by atoms with Crippen LogP contribution in [0.1, 0.15) is 46.0 Å². The van der Waals surface area contributed by atoms with Gasteiger partial charge in [-0.1, -0.05) is 19.1 Å². The summed E-state index contributed by atoms with van der Waals surface area (Å²) < 4.78 is 5.35. The number of benzene rings is 2. The van der Waals surface area contributed by atoms with Gasteiger partial charge in [0.15, 0.2) is 5.78 Å². The Morgan fingerprint density at radius 2 is 1.57 bits per heavy atom. The second-order valence-electron chi connectivity index (χ2n) is 9.50. The van der Waals surface area contributed by atoms with Crippen molar-refractivity contribution < 1.29 is 14.3 Å². The molecule has 3 rings (SSSR count). The van der Waals surface area contributed by atoms with Gasteiger partial charge < -0.3 is 20.3 Å². The van der Waals surface area contributed by atoms with Gasteiger partial charge in [-0.05, 0) is 81.9 Å². The van der Waals surface area contributed by atoms with E-state index in [1.807, 2.05) is 79.5 Å². The molecule has 7 heteroatoms. The van der Waals surface area contributed by atoms with Crippen molar-refractivity contribution in [2.75, 3.05) is 65.4 Å². The fourth-order valence-electron chi connectivity index (χ4n) is 4.69. The molecular formula is C28H40N4O3. The molecule has 0 aliphatic carbocycles. The minimum atomic E-state index is -0.678. The Morgan fingerprint density at radius 3 is 2.11 bits per heavy atom. The molecule has 0 radical (unpaired) electrons. The molecule has 1 aliphatic rings. The fourth-order valence-corrected chi connectivity index (χ4v) is 4.69. The number of carbonyl (C=O) groups excluding carboxylic acids is 2. The van der Waals surface area contributed by atoms with Crippen molar-refractivity contribution in [3.8, 4) is 0 Å². The Hall–Kier alpha value is -2.74. The molecule has 2 N–H and O–H groups in total. The van der Waals surface area contributed by atoms with Crippen molar-refractivity contribution in [1.82, 2.24) is 9.80 Å². The van der Waals surface area contributed by atoms with Crippen LogP contribution >= 0.6 is 0 Å². The number of morpholine rings is 1. The number of ether oxygens (including phenoxy) is 1. The summed E-state index contributed by atoms with van der Waals surface area (Å²) in [5.41, 5.74) is 8.43. The predicted molar refractivity (Wildman–Crippen MR) is 141 cm³/mol. The van der Waals surface area contributed by atoms with Crippen molar-refractivity contribution in [2.45, 2.75) is 31.7 Å². The smallest absolute Gasteiger partial charge is 0.254 e. The van der Waals surface area contributed by atoms with Crippen LogP contribution < -0.4 is 10.6 Å². The van der Waals surface area contributed by atoms with Gasteiger partial charge in [-0.2, -0.15) is 0 Å². The monoisotopic (exact) mass is 480 g/mol. The quantitative estimate of drug-likeness (QED) is 0.498.